The van der Waals surface area contributed by atoms with Crippen LogP contribution < -0.4 is 10.1 Å². The number of benzene rings is 1. The summed E-state index contributed by atoms with van der Waals surface area (Å²) in [7, 11) is 0. The van der Waals surface area contributed by atoms with E-state index in [4.69, 9.17) is 10.00 Å². The number of carbonyl (C=O) groups is 1. The predicted molar refractivity (Wildman–Crippen MR) is 77.9 cm³/mol. The minimum absolute atomic E-state index is 0.0943. The van der Waals surface area contributed by atoms with Crippen molar-refractivity contribution in [1.29, 1.82) is 5.26 Å². The molecule has 0 saturated heterocycles. The molecule has 0 aromatic heterocycles. The quantitative estimate of drug-likeness (QED) is 0.831. The molecule has 0 bridgehead atoms. The standard InChI is InChI=1S/C16H17F3N2O3/c17-16(18,19)11-2-4-13(5-3-11)24-9-12(22)8-21-14(23)15(10-20)6-1-7-15/h2-5,12,22H,1,6-9H2,(H,21,23). The summed E-state index contributed by atoms with van der Waals surface area (Å²) in [6.45, 7) is -0.284. The summed E-state index contributed by atoms with van der Waals surface area (Å²) in [6, 6.07) is 6.09. The van der Waals surface area contributed by atoms with Crippen LogP contribution in [0.2, 0.25) is 0 Å². The van der Waals surface area contributed by atoms with Crippen LogP contribution in [-0.2, 0) is 11.0 Å². The number of hydrogen-bond acceptors (Lipinski definition) is 4. The minimum Gasteiger partial charge on any atom is -0.491 e. The molecule has 2 N–H and O–H groups in total. The Morgan fingerprint density at radius 2 is 2.00 bits per heavy atom. The van der Waals surface area contributed by atoms with Gasteiger partial charge in [0.25, 0.3) is 0 Å². The van der Waals surface area contributed by atoms with E-state index in [-0.39, 0.29) is 18.9 Å². The Hall–Kier alpha value is -2.27. The maximum Gasteiger partial charge on any atom is 0.416 e. The maximum atomic E-state index is 12.4. The average Bonchev–Trinajstić information content (AvgIpc) is 2.50. The molecule has 1 amide bonds. The van der Waals surface area contributed by atoms with E-state index in [0.29, 0.717) is 12.8 Å². The van der Waals surface area contributed by atoms with Gasteiger partial charge < -0.3 is 15.2 Å². The zero-order chi connectivity index (χ0) is 17.8. The summed E-state index contributed by atoms with van der Waals surface area (Å²) in [6.07, 6.45) is -3.62. The molecule has 0 spiro atoms. The van der Waals surface area contributed by atoms with Crippen molar-refractivity contribution in [2.75, 3.05) is 13.2 Å². The number of aliphatic hydroxyl groups excluding tert-OH is 1. The lowest BCUT2D eigenvalue weighted by Crippen LogP contribution is -2.47. The number of alkyl halides is 3. The first-order chi connectivity index (χ1) is 11.3. The third-order valence-electron chi connectivity index (χ3n) is 3.98. The Balaban J connectivity index is 1.76. The monoisotopic (exact) mass is 342 g/mol. The van der Waals surface area contributed by atoms with Crippen LogP contribution in [0.15, 0.2) is 24.3 Å². The molecular weight excluding hydrogens is 325 g/mol. The molecule has 0 aliphatic heterocycles. The highest BCUT2D eigenvalue weighted by Crippen LogP contribution is 2.40. The van der Waals surface area contributed by atoms with E-state index in [1.165, 1.54) is 0 Å². The Morgan fingerprint density at radius 3 is 2.46 bits per heavy atom. The lowest BCUT2D eigenvalue weighted by atomic mass is 9.69. The molecule has 24 heavy (non-hydrogen) atoms. The number of nitrogens with one attached hydrogen (secondary N) is 1. The molecule has 1 fully saturated rings. The molecule has 0 heterocycles. The van der Waals surface area contributed by atoms with E-state index in [9.17, 15) is 23.1 Å². The van der Waals surface area contributed by atoms with Gasteiger partial charge in [-0.3, -0.25) is 4.79 Å². The summed E-state index contributed by atoms with van der Waals surface area (Å²) in [5.74, 6) is -0.231. The number of aliphatic hydroxyl groups is 1. The molecule has 1 aliphatic carbocycles. The van der Waals surface area contributed by atoms with Crippen LogP contribution in [0, 0.1) is 16.7 Å². The molecule has 1 aromatic carbocycles. The van der Waals surface area contributed by atoms with Crippen molar-refractivity contribution in [3.63, 3.8) is 0 Å². The normalized spacial score (nSPS) is 17.3. The second-order valence-electron chi connectivity index (χ2n) is 5.74. The van der Waals surface area contributed by atoms with Gasteiger partial charge in [0.1, 0.15) is 23.9 Å². The number of hydrogen-bond donors (Lipinski definition) is 2. The summed E-state index contributed by atoms with van der Waals surface area (Å²) in [4.78, 5) is 11.9. The molecule has 2 rings (SSSR count). The molecule has 1 saturated carbocycles. The van der Waals surface area contributed by atoms with Crippen LogP contribution in [0.4, 0.5) is 13.2 Å². The molecule has 1 aromatic rings. The summed E-state index contributed by atoms with van der Waals surface area (Å²) in [5, 5.41) is 21.3. The number of rotatable bonds is 6. The van der Waals surface area contributed by atoms with Gasteiger partial charge in [-0.2, -0.15) is 18.4 Å². The predicted octanol–water partition coefficient (Wildman–Crippen LogP) is 2.26. The molecule has 0 radical (unpaired) electrons. The van der Waals surface area contributed by atoms with Gasteiger partial charge in [0.2, 0.25) is 5.91 Å². The van der Waals surface area contributed by atoms with Gasteiger partial charge in [-0.25, -0.2) is 0 Å². The van der Waals surface area contributed by atoms with Crippen molar-refractivity contribution in [3.8, 4) is 11.8 Å². The molecule has 1 unspecified atom stereocenters. The van der Waals surface area contributed by atoms with E-state index in [0.717, 1.165) is 30.7 Å². The highest BCUT2D eigenvalue weighted by Gasteiger charge is 2.44. The molecule has 5 nitrogen and oxygen atoms in total. The van der Waals surface area contributed by atoms with Crippen molar-refractivity contribution in [3.05, 3.63) is 29.8 Å². The first-order valence-electron chi connectivity index (χ1n) is 7.44. The fraction of sp³-hybridized carbons (Fsp3) is 0.500. The number of nitriles is 1. The van der Waals surface area contributed by atoms with Crippen LogP contribution in [0.5, 0.6) is 5.75 Å². The van der Waals surface area contributed by atoms with Gasteiger partial charge in [-0.05, 0) is 43.5 Å². The van der Waals surface area contributed by atoms with Crippen LogP contribution in [0.1, 0.15) is 24.8 Å². The zero-order valence-electron chi connectivity index (χ0n) is 12.8. The number of amides is 1. The van der Waals surface area contributed by atoms with E-state index in [1.54, 1.807) is 0 Å². The van der Waals surface area contributed by atoms with Crippen molar-refractivity contribution in [1.82, 2.24) is 5.32 Å². The van der Waals surface area contributed by atoms with E-state index >= 15 is 0 Å². The first-order valence-corrected chi connectivity index (χ1v) is 7.44. The highest BCUT2D eigenvalue weighted by atomic mass is 19.4. The molecule has 8 heteroatoms. The van der Waals surface area contributed by atoms with Gasteiger partial charge in [0.15, 0.2) is 0 Å². The topological polar surface area (TPSA) is 82.4 Å². The number of halogens is 3. The van der Waals surface area contributed by atoms with Crippen molar-refractivity contribution < 1.29 is 27.8 Å². The summed E-state index contributed by atoms with van der Waals surface area (Å²) in [5.41, 5.74) is -1.78. The van der Waals surface area contributed by atoms with Crippen LogP contribution in [0.3, 0.4) is 0 Å². The fourth-order valence-corrected chi connectivity index (χ4v) is 2.29. The number of nitrogens with zero attached hydrogens (tertiary/aromatic N) is 1. The van der Waals surface area contributed by atoms with Gasteiger partial charge in [-0.15, -0.1) is 0 Å². The van der Waals surface area contributed by atoms with Crippen LogP contribution >= 0.6 is 0 Å². The number of ether oxygens (including phenoxy) is 1. The van der Waals surface area contributed by atoms with Crippen molar-refractivity contribution in [2.45, 2.75) is 31.5 Å². The van der Waals surface area contributed by atoms with Crippen LogP contribution in [-0.4, -0.2) is 30.3 Å². The molecular formula is C16H17F3N2O3. The summed E-state index contributed by atoms with van der Waals surface area (Å²) < 4.78 is 42.5. The Kier molecular flexibility index (Phi) is 5.34. The lowest BCUT2D eigenvalue weighted by molar-refractivity contribution is -0.137. The Morgan fingerprint density at radius 1 is 1.38 bits per heavy atom. The number of carbonyl (C=O) groups excluding carboxylic acids is 1. The van der Waals surface area contributed by atoms with Crippen molar-refractivity contribution in [2.24, 2.45) is 5.41 Å². The van der Waals surface area contributed by atoms with Gasteiger partial charge in [-0.1, -0.05) is 0 Å². The maximum absolute atomic E-state index is 12.4. The second kappa shape index (κ2) is 7.09. The van der Waals surface area contributed by atoms with Gasteiger partial charge in [0.05, 0.1) is 11.6 Å². The molecule has 130 valence electrons. The van der Waals surface area contributed by atoms with E-state index in [2.05, 4.69) is 5.32 Å². The third kappa shape index (κ3) is 4.17. The van der Waals surface area contributed by atoms with Crippen LogP contribution in [0.25, 0.3) is 0 Å². The van der Waals surface area contributed by atoms with Crippen molar-refractivity contribution >= 4 is 5.91 Å². The highest BCUT2D eigenvalue weighted by molar-refractivity contribution is 5.86. The molecule has 1 atom stereocenters. The Bertz CT molecular complexity index is 619. The fourth-order valence-electron chi connectivity index (χ4n) is 2.29. The Labute approximate surface area is 137 Å². The van der Waals surface area contributed by atoms with Gasteiger partial charge in [0, 0.05) is 6.54 Å². The van der Waals surface area contributed by atoms with E-state index < -0.39 is 29.2 Å². The largest absolute Gasteiger partial charge is 0.491 e. The third-order valence-corrected chi connectivity index (χ3v) is 3.98. The zero-order valence-corrected chi connectivity index (χ0v) is 12.8. The smallest absolute Gasteiger partial charge is 0.416 e. The average molecular weight is 342 g/mol. The second-order valence-corrected chi connectivity index (χ2v) is 5.74. The van der Waals surface area contributed by atoms with E-state index in [1.807, 2.05) is 6.07 Å². The lowest BCUT2D eigenvalue weighted by Gasteiger charge is -2.33. The SMILES string of the molecule is N#CC1(C(=O)NCC(O)COc2ccc(C(F)(F)F)cc2)CCC1. The first kappa shape index (κ1) is 18.1. The minimum atomic E-state index is -4.42. The molecule has 1 aliphatic rings. The summed E-state index contributed by atoms with van der Waals surface area (Å²) >= 11 is 0. The van der Waals surface area contributed by atoms with Gasteiger partial charge >= 0.3 is 6.18 Å².